The molecule has 2 aromatic rings. The fourth-order valence-electron chi connectivity index (χ4n) is 4.34. The fraction of sp³-hybridized carbons (Fsp3) is 0.462. The highest BCUT2D eigenvalue weighted by atomic mass is 35.5. The number of aliphatic hydroxyl groups excluding tert-OH is 1. The van der Waals surface area contributed by atoms with Crippen molar-refractivity contribution < 1.29 is 28.9 Å². The van der Waals surface area contributed by atoms with Crippen LogP contribution >= 0.6 is 11.6 Å². The molecule has 0 bridgehead atoms. The molecule has 1 saturated carbocycles. The Kier molecular flexibility index (Phi) is 9.34. The lowest BCUT2D eigenvalue weighted by Crippen LogP contribution is -2.39. The Morgan fingerprint density at radius 1 is 1.17 bits per heavy atom. The number of halogens is 2. The van der Waals surface area contributed by atoms with Gasteiger partial charge in [-0.05, 0) is 69.4 Å². The van der Waals surface area contributed by atoms with E-state index in [1.165, 1.54) is 17.0 Å². The van der Waals surface area contributed by atoms with Crippen molar-refractivity contribution in [1.82, 2.24) is 4.90 Å². The summed E-state index contributed by atoms with van der Waals surface area (Å²) < 4.78 is 19.1. The molecule has 0 saturated heterocycles. The van der Waals surface area contributed by atoms with Gasteiger partial charge in [0.1, 0.15) is 18.1 Å². The highest BCUT2D eigenvalue weighted by Gasteiger charge is 2.32. The molecular weight excluding hydrogens is 475 g/mol. The van der Waals surface area contributed by atoms with Crippen LogP contribution in [0.5, 0.6) is 5.75 Å². The van der Waals surface area contributed by atoms with E-state index in [1.54, 1.807) is 0 Å². The molecule has 3 N–H and O–H groups in total. The second-order valence-corrected chi connectivity index (χ2v) is 9.60. The Labute approximate surface area is 209 Å². The number of amides is 1. The summed E-state index contributed by atoms with van der Waals surface area (Å²) in [6.07, 6.45) is 1.23. The largest absolute Gasteiger partial charge is 0.491 e. The van der Waals surface area contributed by atoms with Gasteiger partial charge in [-0.3, -0.25) is 9.59 Å². The first-order chi connectivity index (χ1) is 16.6. The number of nitrogens with zero attached hydrogens (tertiary/aromatic N) is 1. The molecule has 1 amide bonds. The predicted molar refractivity (Wildman–Crippen MR) is 132 cm³/mol. The number of benzene rings is 2. The molecule has 0 unspecified atom stereocenters. The summed E-state index contributed by atoms with van der Waals surface area (Å²) in [5.74, 6) is -1.68. The highest BCUT2D eigenvalue weighted by Crippen LogP contribution is 2.29. The number of aliphatic hydroxyl groups is 1. The summed E-state index contributed by atoms with van der Waals surface area (Å²) in [5, 5.41) is 23.6. The number of carboxylic acids is 1. The smallest absolute Gasteiger partial charge is 0.323 e. The lowest BCUT2D eigenvalue weighted by atomic mass is 9.98. The monoisotopic (exact) mass is 506 g/mol. The van der Waals surface area contributed by atoms with Crippen molar-refractivity contribution in [2.45, 2.75) is 64.3 Å². The maximum Gasteiger partial charge on any atom is 0.323 e. The lowest BCUT2D eigenvalue weighted by molar-refractivity contribution is -0.147. The molecule has 9 heteroatoms. The molecule has 190 valence electrons. The zero-order chi connectivity index (χ0) is 25.5. The molecule has 1 aliphatic carbocycles. The minimum Gasteiger partial charge on any atom is -0.491 e. The molecular formula is C26H32ClFN2O5. The minimum absolute atomic E-state index is 0.0341. The van der Waals surface area contributed by atoms with E-state index in [0.717, 1.165) is 17.5 Å². The summed E-state index contributed by atoms with van der Waals surface area (Å²) in [6, 6.07) is 11.1. The van der Waals surface area contributed by atoms with Crippen molar-refractivity contribution in [3.05, 3.63) is 58.9 Å². The third-order valence-corrected chi connectivity index (χ3v) is 6.37. The Balaban J connectivity index is 1.68. The SMILES string of the molecule is CC(C)Oc1cccc(N[C@H]2CC[C@@H](C(=O)N(CC(=O)O)Cc3ccc(F)cc3Cl)CC[C@@H]2O)c1. The Hall–Kier alpha value is -2.84. The number of anilines is 1. The molecule has 7 nitrogen and oxygen atoms in total. The van der Waals surface area contributed by atoms with Crippen molar-refractivity contribution in [2.24, 2.45) is 5.92 Å². The molecule has 1 fully saturated rings. The Morgan fingerprint density at radius 2 is 1.91 bits per heavy atom. The van der Waals surface area contributed by atoms with Gasteiger partial charge in [0.25, 0.3) is 0 Å². The van der Waals surface area contributed by atoms with Crippen molar-refractivity contribution in [3.63, 3.8) is 0 Å². The molecule has 0 aromatic heterocycles. The third-order valence-electron chi connectivity index (χ3n) is 6.02. The van der Waals surface area contributed by atoms with E-state index in [2.05, 4.69) is 5.32 Å². The van der Waals surface area contributed by atoms with Gasteiger partial charge >= 0.3 is 5.97 Å². The van der Waals surface area contributed by atoms with Gasteiger partial charge in [-0.1, -0.05) is 23.7 Å². The molecule has 0 radical (unpaired) electrons. The number of rotatable bonds is 9. The number of hydrogen-bond acceptors (Lipinski definition) is 5. The van der Waals surface area contributed by atoms with E-state index in [-0.39, 0.29) is 29.6 Å². The van der Waals surface area contributed by atoms with Crippen LogP contribution in [-0.2, 0) is 16.1 Å². The van der Waals surface area contributed by atoms with Gasteiger partial charge in [0, 0.05) is 29.2 Å². The quantitative estimate of drug-likeness (QED) is 0.426. The summed E-state index contributed by atoms with van der Waals surface area (Å²) in [5.41, 5.74) is 1.29. The third kappa shape index (κ3) is 7.83. The summed E-state index contributed by atoms with van der Waals surface area (Å²) in [4.78, 5) is 26.0. The van der Waals surface area contributed by atoms with E-state index in [1.807, 2.05) is 38.1 Å². The van der Waals surface area contributed by atoms with Crippen LogP contribution in [0.4, 0.5) is 10.1 Å². The fourth-order valence-corrected chi connectivity index (χ4v) is 4.57. The first kappa shape index (κ1) is 26.8. The van der Waals surface area contributed by atoms with E-state index in [9.17, 15) is 24.2 Å². The maximum absolute atomic E-state index is 13.4. The molecule has 3 atom stereocenters. The van der Waals surface area contributed by atoms with Crippen LogP contribution in [0.2, 0.25) is 5.02 Å². The van der Waals surface area contributed by atoms with Crippen LogP contribution in [0.1, 0.15) is 45.1 Å². The average Bonchev–Trinajstić information content (AvgIpc) is 2.96. The van der Waals surface area contributed by atoms with Crippen molar-refractivity contribution in [3.8, 4) is 5.75 Å². The summed E-state index contributed by atoms with van der Waals surface area (Å²) in [6.45, 7) is 3.37. The molecule has 1 aliphatic rings. The number of nitrogens with one attached hydrogen (secondary N) is 1. The second kappa shape index (κ2) is 12.2. The number of ether oxygens (including phenoxy) is 1. The van der Waals surface area contributed by atoms with E-state index in [0.29, 0.717) is 31.2 Å². The number of carbonyl (C=O) groups excluding carboxylic acids is 1. The van der Waals surface area contributed by atoms with Gasteiger partial charge in [-0.25, -0.2) is 4.39 Å². The predicted octanol–water partition coefficient (Wildman–Crippen LogP) is 4.71. The zero-order valence-corrected chi connectivity index (χ0v) is 20.7. The summed E-state index contributed by atoms with van der Waals surface area (Å²) in [7, 11) is 0. The van der Waals surface area contributed by atoms with Crippen LogP contribution in [0.15, 0.2) is 42.5 Å². The molecule has 0 aliphatic heterocycles. The normalized spacial score (nSPS) is 20.2. The van der Waals surface area contributed by atoms with Crippen LogP contribution in [-0.4, -0.2) is 51.8 Å². The molecule has 3 rings (SSSR count). The molecule has 2 aromatic carbocycles. The number of hydrogen-bond donors (Lipinski definition) is 3. The molecule has 0 heterocycles. The van der Waals surface area contributed by atoms with Crippen LogP contribution in [0.25, 0.3) is 0 Å². The standard InChI is InChI=1S/C26H32ClFN2O5/c1-16(2)35-21-5-3-4-20(13-21)29-23-10-7-17(8-11-24(23)31)26(34)30(15-25(32)33)14-18-6-9-19(28)12-22(18)27/h3-6,9,12-13,16-17,23-24,29,31H,7-8,10-11,14-15H2,1-2H3,(H,32,33)/t17-,23+,24+/m1/s1. The van der Waals surface area contributed by atoms with Crippen molar-refractivity contribution in [1.29, 1.82) is 0 Å². The topological polar surface area (TPSA) is 99.1 Å². The van der Waals surface area contributed by atoms with Crippen molar-refractivity contribution >= 4 is 29.2 Å². The number of carbonyl (C=O) groups is 2. The lowest BCUT2D eigenvalue weighted by Gasteiger charge is -2.26. The second-order valence-electron chi connectivity index (χ2n) is 9.19. The van der Waals surface area contributed by atoms with Gasteiger partial charge in [-0.15, -0.1) is 0 Å². The minimum atomic E-state index is -1.15. The van der Waals surface area contributed by atoms with Crippen LogP contribution in [0.3, 0.4) is 0 Å². The van der Waals surface area contributed by atoms with Gasteiger partial charge in [0.05, 0.1) is 18.2 Å². The van der Waals surface area contributed by atoms with Gasteiger partial charge in [0.2, 0.25) is 5.91 Å². The van der Waals surface area contributed by atoms with E-state index in [4.69, 9.17) is 16.3 Å². The summed E-state index contributed by atoms with van der Waals surface area (Å²) >= 11 is 6.11. The van der Waals surface area contributed by atoms with Gasteiger partial charge in [-0.2, -0.15) is 0 Å². The maximum atomic E-state index is 13.4. The Morgan fingerprint density at radius 3 is 2.60 bits per heavy atom. The van der Waals surface area contributed by atoms with Gasteiger partial charge in [0.15, 0.2) is 0 Å². The van der Waals surface area contributed by atoms with E-state index < -0.39 is 30.4 Å². The first-order valence-electron chi connectivity index (χ1n) is 11.8. The average molecular weight is 507 g/mol. The number of aliphatic carboxylic acids is 1. The number of carboxylic acid groups (broad SMARTS) is 1. The first-order valence-corrected chi connectivity index (χ1v) is 12.2. The van der Waals surface area contributed by atoms with Gasteiger partial charge < -0.3 is 25.2 Å². The highest BCUT2D eigenvalue weighted by molar-refractivity contribution is 6.31. The van der Waals surface area contributed by atoms with Crippen LogP contribution < -0.4 is 10.1 Å². The van der Waals surface area contributed by atoms with E-state index >= 15 is 0 Å². The Bertz CT molecular complexity index is 1030. The van der Waals surface area contributed by atoms with Crippen LogP contribution in [0, 0.1) is 11.7 Å². The molecule has 35 heavy (non-hydrogen) atoms. The zero-order valence-electron chi connectivity index (χ0n) is 19.9. The molecule has 0 spiro atoms. The van der Waals surface area contributed by atoms with Crippen molar-refractivity contribution in [2.75, 3.05) is 11.9 Å².